The van der Waals surface area contributed by atoms with E-state index in [-0.39, 0.29) is 28.8 Å². The number of hydrogen-bond acceptors (Lipinski definition) is 4. The molecule has 0 unspecified atom stereocenters. The first-order valence-corrected chi connectivity index (χ1v) is 10.4. The van der Waals surface area contributed by atoms with Crippen molar-refractivity contribution in [3.8, 4) is 0 Å². The molecule has 2 N–H and O–H groups in total. The fourth-order valence-electron chi connectivity index (χ4n) is 3.16. The Bertz CT molecular complexity index is 731. The molecular weight excluding hydrogens is 396 g/mol. The van der Waals surface area contributed by atoms with Crippen molar-refractivity contribution in [2.75, 3.05) is 36.4 Å². The zero-order valence-corrected chi connectivity index (χ0v) is 18.5. The van der Waals surface area contributed by atoms with E-state index < -0.39 is 0 Å². The third kappa shape index (κ3) is 6.07. The second-order valence-corrected chi connectivity index (χ2v) is 8.52. The number of halogens is 1. The maximum atomic E-state index is 12.2. The van der Waals surface area contributed by atoms with Crippen molar-refractivity contribution in [1.29, 1.82) is 0 Å². The molecule has 0 bridgehead atoms. The quantitative estimate of drug-likeness (QED) is 0.708. The Kier molecular flexibility index (Phi) is 8.07. The second kappa shape index (κ2) is 10.1. The molecule has 28 heavy (non-hydrogen) atoms. The first kappa shape index (κ1) is 22.4. The number of hydrogen-bond donors (Lipinski definition) is 2. The third-order valence-electron chi connectivity index (χ3n) is 4.48. The van der Waals surface area contributed by atoms with Crippen LogP contribution in [0.4, 0.5) is 11.4 Å². The van der Waals surface area contributed by atoms with Gasteiger partial charge < -0.3 is 20.4 Å². The molecule has 1 heterocycles. The molecule has 1 aliphatic rings. The van der Waals surface area contributed by atoms with E-state index in [0.29, 0.717) is 37.6 Å². The predicted molar refractivity (Wildman–Crippen MR) is 119 cm³/mol. The number of benzene rings is 1. The van der Waals surface area contributed by atoms with Crippen LogP contribution in [0.5, 0.6) is 0 Å². The molecule has 1 aliphatic heterocycles. The SMILES string of the molecule is CC(C)CC(=O)NC(=S)Nc1cccc(Cl)c1N1CCN(C(=O)C(C)C)CC1. The van der Waals surface area contributed by atoms with E-state index in [4.69, 9.17) is 23.8 Å². The molecule has 0 aliphatic carbocycles. The summed E-state index contributed by atoms with van der Waals surface area (Å²) in [5, 5.41) is 6.66. The first-order valence-electron chi connectivity index (χ1n) is 9.62. The van der Waals surface area contributed by atoms with Gasteiger partial charge in [-0.05, 0) is 30.3 Å². The molecule has 6 nitrogen and oxygen atoms in total. The number of carbonyl (C=O) groups excluding carboxylic acids is 2. The summed E-state index contributed by atoms with van der Waals surface area (Å²) in [6, 6.07) is 5.55. The molecule has 1 aromatic rings. The number of nitrogens with one attached hydrogen (secondary N) is 2. The lowest BCUT2D eigenvalue weighted by Gasteiger charge is -2.38. The molecule has 1 aromatic carbocycles. The van der Waals surface area contributed by atoms with Crippen LogP contribution in [0.1, 0.15) is 34.1 Å². The standard InChI is InChI=1S/C20H29ClN4O2S/c1-13(2)12-17(26)23-20(28)22-16-7-5-6-15(21)18(16)24-8-10-25(11-9-24)19(27)14(3)4/h5-7,13-14H,8-12H2,1-4H3,(H2,22,23,26,28). The van der Waals surface area contributed by atoms with Gasteiger partial charge in [0.05, 0.1) is 16.4 Å². The number of thiocarbonyl (C=S) groups is 1. The Hall–Kier alpha value is -1.86. The fraction of sp³-hybridized carbons (Fsp3) is 0.550. The largest absolute Gasteiger partial charge is 0.365 e. The number of anilines is 2. The maximum Gasteiger partial charge on any atom is 0.226 e. The zero-order chi connectivity index (χ0) is 20.8. The van der Waals surface area contributed by atoms with Crippen LogP contribution in [-0.2, 0) is 9.59 Å². The van der Waals surface area contributed by atoms with E-state index in [0.717, 1.165) is 11.4 Å². The van der Waals surface area contributed by atoms with Crippen LogP contribution < -0.4 is 15.5 Å². The van der Waals surface area contributed by atoms with Crippen molar-refractivity contribution in [3.05, 3.63) is 23.2 Å². The number of rotatable bonds is 5. The van der Waals surface area contributed by atoms with Crippen LogP contribution >= 0.6 is 23.8 Å². The Balaban J connectivity index is 2.07. The minimum atomic E-state index is -0.114. The van der Waals surface area contributed by atoms with Crippen LogP contribution in [0.15, 0.2) is 18.2 Å². The molecule has 8 heteroatoms. The molecular formula is C20H29ClN4O2S. The van der Waals surface area contributed by atoms with Crippen LogP contribution in [0.3, 0.4) is 0 Å². The maximum absolute atomic E-state index is 12.2. The van der Waals surface area contributed by atoms with E-state index >= 15 is 0 Å². The van der Waals surface area contributed by atoms with Crippen molar-refractivity contribution in [2.24, 2.45) is 11.8 Å². The molecule has 0 aromatic heterocycles. The molecule has 154 valence electrons. The van der Waals surface area contributed by atoms with Crippen LogP contribution in [0, 0.1) is 11.8 Å². The number of carbonyl (C=O) groups is 2. The van der Waals surface area contributed by atoms with E-state index in [1.165, 1.54) is 0 Å². The van der Waals surface area contributed by atoms with Gasteiger partial charge in [0.25, 0.3) is 0 Å². The average molecular weight is 425 g/mol. The fourth-order valence-corrected chi connectivity index (χ4v) is 3.67. The summed E-state index contributed by atoms with van der Waals surface area (Å²) in [5.41, 5.74) is 1.58. The lowest BCUT2D eigenvalue weighted by atomic mass is 10.1. The van der Waals surface area contributed by atoms with E-state index in [2.05, 4.69) is 15.5 Å². The first-order chi connectivity index (χ1) is 13.2. The Morgan fingerprint density at radius 1 is 1.14 bits per heavy atom. The van der Waals surface area contributed by atoms with Crippen LogP contribution in [0.25, 0.3) is 0 Å². The highest BCUT2D eigenvalue weighted by Crippen LogP contribution is 2.34. The Morgan fingerprint density at radius 2 is 1.79 bits per heavy atom. The van der Waals surface area contributed by atoms with Crippen molar-refractivity contribution >= 4 is 52.1 Å². The topological polar surface area (TPSA) is 64.7 Å². The van der Waals surface area contributed by atoms with Gasteiger partial charge in [0.15, 0.2) is 5.11 Å². The van der Waals surface area contributed by atoms with Gasteiger partial charge in [-0.2, -0.15) is 0 Å². The van der Waals surface area contributed by atoms with Gasteiger partial charge in [0.2, 0.25) is 11.8 Å². The molecule has 2 rings (SSSR count). The molecule has 1 fully saturated rings. The van der Waals surface area contributed by atoms with Crippen molar-refractivity contribution in [2.45, 2.75) is 34.1 Å². The minimum absolute atomic E-state index is 0.00378. The predicted octanol–water partition coefficient (Wildman–Crippen LogP) is 3.50. The Labute approximate surface area is 177 Å². The zero-order valence-electron chi connectivity index (χ0n) is 16.9. The lowest BCUT2D eigenvalue weighted by molar-refractivity contribution is -0.134. The Morgan fingerprint density at radius 3 is 2.36 bits per heavy atom. The smallest absolute Gasteiger partial charge is 0.226 e. The van der Waals surface area contributed by atoms with Crippen LogP contribution in [-0.4, -0.2) is 48.0 Å². The summed E-state index contributed by atoms with van der Waals surface area (Å²) >= 11 is 11.8. The summed E-state index contributed by atoms with van der Waals surface area (Å²) in [6.45, 7) is 10.5. The van der Waals surface area contributed by atoms with Crippen molar-refractivity contribution in [3.63, 3.8) is 0 Å². The molecule has 0 atom stereocenters. The lowest BCUT2D eigenvalue weighted by Crippen LogP contribution is -2.50. The van der Waals surface area contributed by atoms with Gasteiger partial charge >= 0.3 is 0 Å². The number of amides is 2. The summed E-state index contributed by atoms with van der Waals surface area (Å²) < 4.78 is 0. The summed E-state index contributed by atoms with van der Waals surface area (Å²) in [5.74, 6) is 0.313. The second-order valence-electron chi connectivity index (χ2n) is 7.70. The van der Waals surface area contributed by atoms with Gasteiger partial charge in [-0.15, -0.1) is 0 Å². The number of para-hydroxylation sites is 1. The normalized spacial score (nSPS) is 14.4. The minimum Gasteiger partial charge on any atom is -0.365 e. The molecule has 0 radical (unpaired) electrons. The van der Waals surface area contributed by atoms with E-state index in [1.807, 2.05) is 50.8 Å². The number of nitrogens with zero attached hydrogens (tertiary/aromatic N) is 2. The highest BCUT2D eigenvalue weighted by molar-refractivity contribution is 7.80. The van der Waals surface area contributed by atoms with Gasteiger partial charge in [0, 0.05) is 38.5 Å². The van der Waals surface area contributed by atoms with Gasteiger partial charge in [0.1, 0.15) is 0 Å². The summed E-state index contributed by atoms with van der Waals surface area (Å²) in [6.07, 6.45) is 0.413. The molecule has 0 spiro atoms. The molecule has 1 saturated heterocycles. The molecule has 2 amide bonds. The summed E-state index contributed by atoms with van der Waals surface area (Å²) in [7, 11) is 0. The van der Waals surface area contributed by atoms with Crippen molar-refractivity contribution < 1.29 is 9.59 Å². The third-order valence-corrected chi connectivity index (χ3v) is 4.99. The van der Waals surface area contributed by atoms with E-state index in [1.54, 1.807) is 0 Å². The van der Waals surface area contributed by atoms with Gasteiger partial charge in [-0.1, -0.05) is 45.4 Å². The highest BCUT2D eigenvalue weighted by atomic mass is 35.5. The average Bonchev–Trinajstić information content (AvgIpc) is 2.60. The van der Waals surface area contributed by atoms with E-state index in [9.17, 15) is 9.59 Å². The summed E-state index contributed by atoms with van der Waals surface area (Å²) in [4.78, 5) is 28.2. The van der Waals surface area contributed by atoms with Crippen LogP contribution in [0.2, 0.25) is 5.02 Å². The molecule has 0 saturated carbocycles. The van der Waals surface area contributed by atoms with Gasteiger partial charge in [-0.3, -0.25) is 9.59 Å². The monoisotopic (exact) mass is 424 g/mol. The number of piperazine rings is 1. The highest BCUT2D eigenvalue weighted by Gasteiger charge is 2.25. The van der Waals surface area contributed by atoms with Crippen molar-refractivity contribution in [1.82, 2.24) is 10.2 Å². The van der Waals surface area contributed by atoms with Gasteiger partial charge in [-0.25, -0.2) is 0 Å².